The molecule has 0 bridgehead atoms. The number of carbonyl (C=O) groups excluding carboxylic acids is 1. The van der Waals surface area contributed by atoms with Crippen molar-refractivity contribution in [1.29, 1.82) is 0 Å². The predicted molar refractivity (Wildman–Crippen MR) is 92.0 cm³/mol. The highest BCUT2D eigenvalue weighted by Gasteiger charge is 2.16. The summed E-state index contributed by atoms with van der Waals surface area (Å²) in [5, 5.41) is 10.9. The molecule has 0 aliphatic carbocycles. The van der Waals surface area contributed by atoms with Crippen molar-refractivity contribution in [3.63, 3.8) is 0 Å². The van der Waals surface area contributed by atoms with Gasteiger partial charge in [-0.1, -0.05) is 17.3 Å². The molecule has 0 saturated carbocycles. The van der Waals surface area contributed by atoms with Gasteiger partial charge in [0.05, 0.1) is 38.4 Å². The SMILES string of the molecule is C[C@H](c1ccc(F)cc1)n1cc(C(=O)NCC[NH+]2CCCCC2)nn1. The summed E-state index contributed by atoms with van der Waals surface area (Å²) in [4.78, 5) is 13.8. The van der Waals surface area contributed by atoms with Crippen molar-refractivity contribution in [2.75, 3.05) is 26.2 Å². The zero-order valence-corrected chi connectivity index (χ0v) is 14.5. The third-order valence-corrected chi connectivity index (χ3v) is 4.82. The Balaban J connectivity index is 1.53. The molecule has 2 N–H and O–H groups in total. The Morgan fingerprint density at radius 3 is 2.72 bits per heavy atom. The summed E-state index contributed by atoms with van der Waals surface area (Å²) in [5.74, 6) is -0.473. The Hall–Kier alpha value is -2.28. The van der Waals surface area contributed by atoms with Crippen molar-refractivity contribution in [3.05, 3.63) is 47.5 Å². The summed E-state index contributed by atoms with van der Waals surface area (Å²) in [6.07, 6.45) is 5.51. The van der Waals surface area contributed by atoms with E-state index in [2.05, 4.69) is 15.6 Å². The molecule has 7 heteroatoms. The van der Waals surface area contributed by atoms with Gasteiger partial charge in [-0.2, -0.15) is 0 Å². The standard InChI is InChI=1S/C18H24FN5O/c1-14(15-5-7-16(19)8-6-15)24-13-17(21-22-24)18(25)20-9-12-23-10-3-2-4-11-23/h5-8,13-14H,2-4,9-12H2,1H3,(H,20,25)/p+1/t14-/m1/s1. The monoisotopic (exact) mass is 346 g/mol. The summed E-state index contributed by atoms with van der Waals surface area (Å²) >= 11 is 0. The number of piperidine rings is 1. The van der Waals surface area contributed by atoms with Crippen molar-refractivity contribution in [2.24, 2.45) is 0 Å². The van der Waals surface area contributed by atoms with E-state index in [0.717, 1.165) is 12.1 Å². The Bertz CT molecular complexity index is 694. The number of hydrogen-bond acceptors (Lipinski definition) is 3. The molecule has 1 amide bonds. The van der Waals surface area contributed by atoms with E-state index in [9.17, 15) is 9.18 Å². The van der Waals surface area contributed by atoms with E-state index >= 15 is 0 Å². The van der Waals surface area contributed by atoms with Crippen LogP contribution >= 0.6 is 0 Å². The van der Waals surface area contributed by atoms with E-state index in [4.69, 9.17) is 0 Å². The van der Waals surface area contributed by atoms with Gasteiger partial charge in [0.25, 0.3) is 5.91 Å². The van der Waals surface area contributed by atoms with Crippen molar-refractivity contribution in [1.82, 2.24) is 20.3 Å². The second-order valence-electron chi connectivity index (χ2n) is 6.63. The fourth-order valence-electron chi connectivity index (χ4n) is 3.21. The second kappa shape index (κ2) is 8.20. The molecule has 0 radical (unpaired) electrons. The van der Waals surface area contributed by atoms with Gasteiger partial charge in [0.1, 0.15) is 5.82 Å². The number of aromatic nitrogens is 3. The van der Waals surface area contributed by atoms with Crippen LogP contribution in [0.15, 0.2) is 30.5 Å². The van der Waals surface area contributed by atoms with E-state index in [-0.39, 0.29) is 17.8 Å². The summed E-state index contributed by atoms with van der Waals surface area (Å²) in [5.41, 5.74) is 1.22. The first-order valence-corrected chi connectivity index (χ1v) is 8.92. The lowest BCUT2D eigenvalue weighted by Gasteiger charge is -2.23. The lowest BCUT2D eigenvalue weighted by Crippen LogP contribution is -3.13. The van der Waals surface area contributed by atoms with E-state index < -0.39 is 0 Å². The summed E-state index contributed by atoms with van der Waals surface area (Å²) in [6, 6.07) is 6.14. The molecule has 0 spiro atoms. The van der Waals surface area contributed by atoms with Gasteiger partial charge in [0.15, 0.2) is 5.69 Å². The molecule has 1 aliphatic heterocycles. The maximum Gasteiger partial charge on any atom is 0.273 e. The van der Waals surface area contributed by atoms with Crippen LogP contribution in [-0.4, -0.2) is 47.1 Å². The molecular weight excluding hydrogens is 321 g/mol. The lowest BCUT2D eigenvalue weighted by molar-refractivity contribution is -0.903. The molecule has 134 valence electrons. The van der Waals surface area contributed by atoms with Gasteiger partial charge in [-0.15, -0.1) is 5.10 Å². The van der Waals surface area contributed by atoms with Crippen LogP contribution in [0.1, 0.15) is 48.3 Å². The van der Waals surface area contributed by atoms with Crippen LogP contribution in [0.3, 0.4) is 0 Å². The van der Waals surface area contributed by atoms with Gasteiger partial charge in [-0.3, -0.25) is 4.79 Å². The average molecular weight is 346 g/mol. The Labute approximate surface area is 147 Å². The molecule has 1 aromatic heterocycles. The minimum absolute atomic E-state index is 0.118. The Morgan fingerprint density at radius 2 is 2.00 bits per heavy atom. The number of benzene rings is 1. The number of rotatable bonds is 6. The van der Waals surface area contributed by atoms with E-state index in [1.807, 2.05) is 6.92 Å². The van der Waals surface area contributed by atoms with E-state index in [0.29, 0.717) is 12.2 Å². The molecule has 25 heavy (non-hydrogen) atoms. The first-order chi connectivity index (χ1) is 12.1. The number of quaternary nitrogens is 1. The topological polar surface area (TPSA) is 64.2 Å². The average Bonchev–Trinajstić information content (AvgIpc) is 3.13. The smallest absolute Gasteiger partial charge is 0.273 e. The second-order valence-corrected chi connectivity index (χ2v) is 6.63. The Kier molecular flexibility index (Phi) is 5.75. The molecule has 6 nitrogen and oxygen atoms in total. The third-order valence-electron chi connectivity index (χ3n) is 4.82. The fourth-order valence-corrected chi connectivity index (χ4v) is 3.21. The molecule has 0 unspecified atom stereocenters. The largest absolute Gasteiger partial charge is 0.345 e. The lowest BCUT2D eigenvalue weighted by atomic mass is 10.1. The van der Waals surface area contributed by atoms with E-state index in [1.54, 1.807) is 27.9 Å². The van der Waals surface area contributed by atoms with Crippen LogP contribution in [0, 0.1) is 5.82 Å². The number of hydrogen-bond donors (Lipinski definition) is 2. The van der Waals surface area contributed by atoms with Gasteiger partial charge < -0.3 is 10.2 Å². The molecule has 1 aromatic carbocycles. The van der Waals surface area contributed by atoms with Crippen LogP contribution in [-0.2, 0) is 0 Å². The minimum Gasteiger partial charge on any atom is -0.345 e. The fraction of sp³-hybridized carbons (Fsp3) is 0.500. The Morgan fingerprint density at radius 1 is 1.28 bits per heavy atom. The summed E-state index contributed by atoms with van der Waals surface area (Å²) in [7, 11) is 0. The minimum atomic E-state index is -0.273. The normalized spacial score (nSPS) is 16.6. The number of likely N-dealkylation sites (tertiary alicyclic amines) is 1. The molecule has 1 saturated heterocycles. The van der Waals surface area contributed by atoms with Crippen LogP contribution in [0.25, 0.3) is 0 Å². The van der Waals surface area contributed by atoms with Gasteiger partial charge in [-0.05, 0) is 43.9 Å². The number of amides is 1. The van der Waals surface area contributed by atoms with Crippen molar-refractivity contribution < 1.29 is 14.1 Å². The first-order valence-electron chi connectivity index (χ1n) is 8.92. The highest BCUT2D eigenvalue weighted by molar-refractivity contribution is 5.91. The third kappa shape index (κ3) is 4.63. The quantitative estimate of drug-likeness (QED) is 0.814. The number of nitrogens with one attached hydrogen (secondary N) is 2. The predicted octanol–water partition coefficient (Wildman–Crippen LogP) is 0.825. The van der Waals surface area contributed by atoms with Crippen LogP contribution in [0.5, 0.6) is 0 Å². The van der Waals surface area contributed by atoms with Gasteiger partial charge >= 0.3 is 0 Å². The maximum atomic E-state index is 13.0. The zero-order chi connectivity index (χ0) is 17.6. The van der Waals surface area contributed by atoms with Crippen molar-refractivity contribution in [3.8, 4) is 0 Å². The van der Waals surface area contributed by atoms with Gasteiger partial charge in [0.2, 0.25) is 0 Å². The molecule has 2 heterocycles. The van der Waals surface area contributed by atoms with E-state index in [1.165, 1.54) is 44.5 Å². The number of carbonyl (C=O) groups is 1. The molecule has 1 aliphatic rings. The zero-order valence-electron chi connectivity index (χ0n) is 14.5. The van der Waals surface area contributed by atoms with Crippen LogP contribution in [0.4, 0.5) is 4.39 Å². The molecule has 3 rings (SSSR count). The summed E-state index contributed by atoms with van der Waals surface area (Å²) in [6.45, 7) is 5.92. The first kappa shape index (κ1) is 17.5. The molecule has 1 fully saturated rings. The molecule has 1 atom stereocenters. The van der Waals surface area contributed by atoms with Gasteiger partial charge in [-0.25, -0.2) is 9.07 Å². The highest BCUT2D eigenvalue weighted by Crippen LogP contribution is 2.17. The maximum absolute atomic E-state index is 13.0. The van der Waals surface area contributed by atoms with Crippen LogP contribution < -0.4 is 10.2 Å². The van der Waals surface area contributed by atoms with Crippen molar-refractivity contribution >= 4 is 5.91 Å². The number of halogens is 1. The van der Waals surface area contributed by atoms with Crippen molar-refractivity contribution in [2.45, 2.75) is 32.2 Å². The molecule has 2 aromatic rings. The van der Waals surface area contributed by atoms with Gasteiger partial charge in [0, 0.05) is 0 Å². The summed E-state index contributed by atoms with van der Waals surface area (Å²) < 4.78 is 14.6. The van der Waals surface area contributed by atoms with Crippen LogP contribution in [0.2, 0.25) is 0 Å². The highest BCUT2D eigenvalue weighted by atomic mass is 19.1. The molecular formula is C18H25FN5O+. The number of nitrogens with zero attached hydrogens (tertiary/aromatic N) is 3.